The number of nitro groups is 1. The summed E-state index contributed by atoms with van der Waals surface area (Å²) in [5.41, 5.74) is 1.53. The van der Waals surface area contributed by atoms with Gasteiger partial charge in [-0.05, 0) is 18.6 Å². The molecular formula is C17H18N2O4. The minimum atomic E-state index is -0.492. The van der Waals surface area contributed by atoms with Crippen LogP contribution in [0.25, 0.3) is 0 Å². The molecule has 0 saturated heterocycles. The Morgan fingerprint density at radius 3 is 2.52 bits per heavy atom. The van der Waals surface area contributed by atoms with Crippen LogP contribution in [0.4, 0.5) is 5.69 Å². The molecule has 1 unspecified atom stereocenters. The van der Waals surface area contributed by atoms with Crippen LogP contribution in [0, 0.1) is 17.0 Å². The molecule has 23 heavy (non-hydrogen) atoms. The second-order valence-electron chi connectivity index (χ2n) is 5.05. The molecule has 1 amide bonds. The summed E-state index contributed by atoms with van der Waals surface area (Å²) >= 11 is 0. The van der Waals surface area contributed by atoms with Gasteiger partial charge < -0.3 is 10.1 Å². The van der Waals surface area contributed by atoms with Crippen LogP contribution >= 0.6 is 0 Å². The average molecular weight is 314 g/mol. The highest BCUT2D eigenvalue weighted by Gasteiger charge is 2.19. The number of nitrogens with zero attached hydrogens (tertiary/aromatic N) is 1. The summed E-state index contributed by atoms with van der Waals surface area (Å²) in [7, 11) is 1.57. The summed E-state index contributed by atoms with van der Waals surface area (Å²) in [5.74, 6) is -0.357. The monoisotopic (exact) mass is 314 g/mol. The van der Waals surface area contributed by atoms with Crippen LogP contribution < -0.4 is 5.32 Å². The van der Waals surface area contributed by atoms with Crippen molar-refractivity contribution in [2.24, 2.45) is 0 Å². The molecule has 0 aliphatic carbocycles. The van der Waals surface area contributed by atoms with Gasteiger partial charge in [0.05, 0.1) is 11.0 Å². The first-order valence-electron chi connectivity index (χ1n) is 7.14. The number of carbonyl (C=O) groups excluding carboxylic acids is 1. The third kappa shape index (κ3) is 3.92. The lowest BCUT2D eigenvalue weighted by atomic mass is 10.1. The molecule has 0 heterocycles. The molecule has 0 fully saturated rings. The minimum Gasteiger partial charge on any atom is -0.375 e. The SMILES string of the molecule is COC(CNC(=O)c1cccc([N+](=O)[O-])c1C)c1ccccc1. The number of benzene rings is 2. The largest absolute Gasteiger partial charge is 0.375 e. The quantitative estimate of drug-likeness (QED) is 0.656. The molecule has 0 radical (unpaired) electrons. The summed E-state index contributed by atoms with van der Waals surface area (Å²) in [6.45, 7) is 1.85. The molecule has 120 valence electrons. The van der Waals surface area contributed by atoms with Gasteiger partial charge in [0, 0.05) is 30.8 Å². The maximum Gasteiger partial charge on any atom is 0.273 e. The maximum atomic E-state index is 12.3. The zero-order valence-corrected chi connectivity index (χ0v) is 13.0. The van der Waals surface area contributed by atoms with Gasteiger partial charge in [-0.2, -0.15) is 0 Å². The van der Waals surface area contributed by atoms with Gasteiger partial charge in [-0.15, -0.1) is 0 Å². The fourth-order valence-electron chi connectivity index (χ4n) is 2.35. The summed E-state index contributed by atoms with van der Waals surface area (Å²) in [5, 5.41) is 13.7. The molecule has 0 aliphatic rings. The molecule has 0 bridgehead atoms. The Bertz CT molecular complexity index is 701. The van der Waals surface area contributed by atoms with E-state index in [1.54, 1.807) is 20.1 Å². The molecule has 2 aromatic carbocycles. The molecule has 0 spiro atoms. The first-order valence-corrected chi connectivity index (χ1v) is 7.14. The molecule has 1 atom stereocenters. The number of amides is 1. The van der Waals surface area contributed by atoms with E-state index in [4.69, 9.17) is 4.74 Å². The Morgan fingerprint density at radius 2 is 1.91 bits per heavy atom. The number of nitrogens with one attached hydrogen (secondary N) is 1. The van der Waals surface area contributed by atoms with E-state index in [0.717, 1.165) is 5.56 Å². The molecule has 1 N–H and O–H groups in total. The van der Waals surface area contributed by atoms with E-state index in [1.165, 1.54) is 12.1 Å². The third-order valence-corrected chi connectivity index (χ3v) is 3.65. The van der Waals surface area contributed by atoms with E-state index in [2.05, 4.69) is 5.32 Å². The van der Waals surface area contributed by atoms with Crippen LogP contribution in [0.5, 0.6) is 0 Å². The van der Waals surface area contributed by atoms with Crippen molar-refractivity contribution in [1.29, 1.82) is 0 Å². The lowest BCUT2D eigenvalue weighted by molar-refractivity contribution is -0.385. The zero-order chi connectivity index (χ0) is 16.8. The number of hydrogen-bond acceptors (Lipinski definition) is 4. The summed E-state index contributed by atoms with van der Waals surface area (Å²) in [6.07, 6.45) is -0.279. The van der Waals surface area contributed by atoms with Gasteiger partial charge in [-0.25, -0.2) is 0 Å². The van der Waals surface area contributed by atoms with E-state index in [1.807, 2.05) is 30.3 Å². The van der Waals surface area contributed by atoms with Gasteiger partial charge in [-0.3, -0.25) is 14.9 Å². The van der Waals surface area contributed by atoms with Crippen molar-refractivity contribution in [3.8, 4) is 0 Å². The van der Waals surface area contributed by atoms with Crippen molar-refractivity contribution < 1.29 is 14.5 Å². The summed E-state index contributed by atoms with van der Waals surface area (Å²) < 4.78 is 5.39. The molecular weight excluding hydrogens is 296 g/mol. The van der Waals surface area contributed by atoms with Crippen molar-refractivity contribution in [1.82, 2.24) is 5.32 Å². The van der Waals surface area contributed by atoms with E-state index in [-0.39, 0.29) is 24.2 Å². The number of ether oxygens (including phenoxy) is 1. The molecule has 6 heteroatoms. The fourth-order valence-corrected chi connectivity index (χ4v) is 2.35. The second-order valence-corrected chi connectivity index (χ2v) is 5.05. The van der Waals surface area contributed by atoms with Crippen molar-refractivity contribution in [2.75, 3.05) is 13.7 Å². The third-order valence-electron chi connectivity index (χ3n) is 3.65. The lowest BCUT2D eigenvalue weighted by Gasteiger charge is -2.17. The first-order chi connectivity index (χ1) is 11.0. The van der Waals surface area contributed by atoms with Gasteiger partial charge in [0.25, 0.3) is 11.6 Å². The summed E-state index contributed by atoms with van der Waals surface area (Å²) in [6, 6.07) is 14.0. The predicted octanol–water partition coefficient (Wildman–Crippen LogP) is 3.02. The highest BCUT2D eigenvalue weighted by molar-refractivity contribution is 5.96. The highest BCUT2D eigenvalue weighted by atomic mass is 16.6. The van der Waals surface area contributed by atoms with Crippen LogP contribution in [0.1, 0.15) is 27.6 Å². The van der Waals surface area contributed by atoms with Gasteiger partial charge in [0.2, 0.25) is 0 Å². The molecule has 6 nitrogen and oxygen atoms in total. The van der Waals surface area contributed by atoms with Gasteiger partial charge >= 0.3 is 0 Å². The summed E-state index contributed by atoms with van der Waals surface area (Å²) in [4.78, 5) is 22.8. The van der Waals surface area contributed by atoms with Crippen LogP contribution in [0.15, 0.2) is 48.5 Å². The van der Waals surface area contributed by atoms with Crippen LogP contribution in [-0.4, -0.2) is 24.5 Å². The van der Waals surface area contributed by atoms with Gasteiger partial charge in [0.15, 0.2) is 0 Å². The smallest absolute Gasteiger partial charge is 0.273 e. The second kappa shape index (κ2) is 7.51. The normalized spacial score (nSPS) is 11.7. The van der Waals surface area contributed by atoms with E-state index < -0.39 is 4.92 Å². The number of carbonyl (C=O) groups is 1. The molecule has 0 aromatic heterocycles. The Kier molecular flexibility index (Phi) is 5.43. The zero-order valence-electron chi connectivity index (χ0n) is 13.0. The van der Waals surface area contributed by atoms with E-state index >= 15 is 0 Å². The molecule has 2 aromatic rings. The van der Waals surface area contributed by atoms with Crippen LogP contribution in [0.2, 0.25) is 0 Å². The Balaban J connectivity index is 2.11. The number of methoxy groups -OCH3 is 1. The van der Waals surface area contributed by atoms with Crippen molar-refractivity contribution >= 4 is 11.6 Å². The van der Waals surface area contributed by atoms with Crippen LogP contribution in [0.3, 0.4) is 0 Å². The average Bonchev–Trinajstić information content (AvgIpc) is 2.56. The Morgan fingerprint density at radius 1 is 1.22 bits per heavy atom. The molecule has 2 rings (SSSR count). The number of rotatable bonds is 6. The topological polar surface area (TPSA) is 81.5 Å². The molecule has 0 saturated carbocycles. The number of hydrogen-bond donors (Lipinski definition) is 1. The van der Waals surface area contributed by atoms with E-state index in [9.17, 15) is 14.9 Å². The Hall–Kier alpha value is -2.73. The maximum absolute atomic E-state index is 12.3. The van der Waals surface area contributed by atoms with Gasteiger partial charge in [0.1, 0.15) is 0 Å². The number of nitro benzene ring substituents is 1. The highest BCUT2D eigenvalue weighted by Crippen LogP contribution is 2.21. The predicted molar refractivity (Wildman–Crippen MR) is 86.4 cm³/mol. The van der Waals surface area contributed by atoms with Gasteiger partial charge in [-0.1, -0.05) is 36.4 Å². The van der Waals surface area contributed by atoms with E-state index in [0.29, 0.717) is 11.1 Å². The van der Waals surface area contributed by atoms with Crippen molar-refractivity contribution in [2.45, 2.75) is 13.0 Å². The molecule has 0 aliphatic heterocycles. The minimum absolute atomic E-state index is 0.0657. The fraction of sp³-hybridized carbons (Fsp3) is 0.235. The van der Waals surface area contributed by atoms with Crippen molar-refractivity contribution in [3.63, 3.8) is 0 Å². The van der Waals surface area contributed by atoms with Crippen molar-refractivity contribution in [3.05, 3.63) is 75.3 Å². The standard InChI is InChI=1S/C17H18N2O4/c1-12-14(9-6-10-15(12)19(21)22)17(20)18-11-16(23-2)13-7-4-3-5-8-13/h3-10,16H,11H2,1-2H3,(H,18,20). The Labute approximate surface area is 134 Å². The lowest BCUT2D eigenvalue weighted by Crippen LogP contribution is -2.29. The van der Waals surface area contributed by atoms with Crippen LogP contribution in [-0.2, 0) is 4.74 Å². The first kappa shape index (κ1) is 16.6.